The molecule has 0 saturated carbocycles. The Morgan fingerprint density at radius 1 is 1.80 bits per heavy atom. The minimum atomic E-state index is 0.925. The van der Waals surface area contributed by atoms with Gasteiger partial charge in [-0.2, -0.15) is 0 Å². The predicted octanol–water partition coefficient (Wildman–Crippen LogP) is 2.30. The Kier molecular flexibility index (Phi) is 5.98. The highest BCUT2D eigenvalue weighted by Crippen LogP contribution is 1.95. The minimum absolute atomic E-state index is 0.925. The highest BCUT2D eigenvalue weighted by atomic mass is 127. The molecule has 0 aliphatic carbocycles. The Bertz CT molecular complexity index is 51.6. The molecule has 0 fully saturated rings. The highest BCUT2D eigenvalue weighted by Gasteiger charge is 1.47. The highest BCUT2D eigenvalue weighted by molar-refractivity contribution is 14.1. The first-order valence-electron chi connectivity index (χ1n) is 0.992. The fraction of sp³-hybridized carbons (Fsp3) is 0. The molecule has 0 aromatic carbocycles. The lowest BCUT2D eigenvalue weighted by atomic mass is 11.3. The van der Waals surface area contributed by atoms with Crippen LogP contribution < -0.4 is 0 Å². The molecule has 0 atom stereocenters. The van der Waals surface area contributed by atoms with Gasteiger partial charge in [0.15, 0.2) is 0 Å². The number of hydrogen-bond acceptors (Lipinski definition) is 1. The second kappa shape index (κ2) is 4.99. The third kappa shape index (κ3) is 4.99. The summed E-state index contributed by atoms with van der Waals surface area (Å²) in [5, 5.41) is 0. The van der Waals surface area contributed by atoms with Crippen LogP contribution in [0.1, 0.15) is 0 Å². The molecular weight excluding hydrogens is 214 g/mol. The van der Waals surface area contributed by atoms with Crippen molar-refractivity contribution >= 4 is 41.8 Å². The lowest BCUT2D eigenvalue weighted by molar-refractivity contribution is 2.64. The molecule has 0 saturated heterocycles. The maximum absolute atomic E-state index is 4.53. The molecule has 3 heteroatoms. The molecule has 0 unspecified atom stereocenters. The summed E-state index contributed by atoms with van der Waals surface area (Å²) in [5.41, 5.74) is 0. The summed E-state index contributed by atoms with van der Waals surface area (Å²) in [7, 11) is 0.925. The van der Waals surface area contributed by atoms with Crippen LogP contribution in [0.2, 0.25) is 0 Å². The summed E-state index contributed by atoms with van der Waals surface area (Å²) in [4.78, 5) is 0. The Hall–Kier alpha value is 0.990. The molecule has 0 rings (SSSR count). The van der Waals surface area contributed by atoms with E-state index in [-0.39, 0.29) is 0 Å². The number of rotatable bonds is 1. The fourth-order valence-electron chi connectivity index (χ4n) is 0.0230. The van der Waals surface area contributed by atoms with Crippen molar-refractivity contribution in [1.29, 1.82) is 0 Å². The summed E-state index contributed by atoms with van der Waals surface area (Å²) < 4.78 is 1.91. The molecule has 0 spiro atoms. The number of hydrogen-bond donors (Lipinski definition) is 0. The summed E-state index contributed by atoms with van der Waals surface area (Å²) in [5.74, 6) is 1.90. The monoisotopic (exact) mass is 216 g/mol. The van der Waals surface area contributed by atoms with Crippen molar-refractivity contribution in [2.45, 2.75) is 0 Å². The zero-order chi connectivity index (χ0) is 4.12. The fourth-order valence-corrected chi connectivity index (χ4v) is 1.39. The molecule has 0 N–H and O–H groups in total. The Morgan fingerprint density at radius 2 is 2.40 bits per heavy atom. The Morgan fingerprint density at radius 3 is 2.40 bits per heavy atom. The number of halogens is 1. The quantitative estimate of drug-likeness (QED) is 0.478. The second-order valence-electron chi connectivity index (χ2n) is 0.380. The lowest BCUT2D eigenvalue weighted by Gasteiger charge is -1.50. The largest absolute Gasteiger partial charge is 0.0527 e. The van der Waals surface area contributed by atoms with Crippen molar-refractivity contribution in [1.82, 2.24) is 0 Å². The average molecular weight is 216 g/mol. The van der Waals surface area contributed by atoms with Gasteiger partial charge in [-0.1, -0.05) is 34.4 Å². The van der Waals surface area contributed by atoms with Gasteiger partial charge in [0.05, 0.1) is 0 Å². The van der Waals surface area contributed by atoms with Crippen LogP contribution in [-0.4, -0.2) is 0 Å². The van der Waals surface area contributed by atoms with Crippen molar-refractivity contribution in [3.8, 4) is 0 Å². The van der Waals surface area contributed by atoms with E-state index in [1.54, 1.807) is 0 Å². The van der Waals surface area contributed by atoms with E-state index in [1.165, 1.54) is 0 Å². The van der Waals surface area contributed by atoms with E-state index in [9.17, 15) is 0 Å². The van der Waals surface area contributed by atoms with Gasteiger partial charge < -0.3 is 0 Å². The Balaban J connectivity index is 2.92. The van der Waals surface area contributed by atoms with Gasteiger partial charge in [-0.25, -0.2) is 0 Å². The van der Waals surface area contributed by atoms with Gasteiger partial charge in [0, 0.05) is 7.36 Å². The normalized spacial score (nSPS) is 10.6. The Labute approximate surface area is 51.6 Å². The molecule has 0 aliphatic rings. The van der Waals surface area contributed by atoms with Crippen LogP contribution in [0.15, 0.2) is 9.90 Å². The van der Waals surface area contributed by atoms with Crippen LogP contribution in [0, 0.1) is 0 Å². The zero-order valence-corrected chi connectivity index (χ0v) is 6.26. The first-order chi connectivity index (χ1) is 2.41. The molecule has 0 aromatic rings. The second-order valence-corrected chi connectivity index (χ2v) is 2.24. The van der Waals surface area contributed by atoms with Crippen LogP contribution in [0.4, 0.5) is 0 Å². The summed E-state index contributed by atoms with van der Waals surface area (Å²) >= 11 is 6.67. The molecule has 0 aromatic heterocycles. The van der Waals surface area contributed by atoms with E-state index >= 15 is 0 Å². The summed E-state index contributed by atoms with van der Waals surface area (Å²) in [6, 6.07) is 0. The first-order valence-corrected chi connectivity index (χ1v) is 4.21. The van der Waals surface area contributed by atoms with Crippen LogP contribution in [0.25, 0.3) is 0 Å². The van der Waals surface area contributed by atoms with Gasteiger partial charge in [-0.05, 0) is 9.90 Å². The summed E-state index contributed by atoms with van der Waals surface area (Å²) in [6.45, 7) is 0. The molecule has 0 amide bonds. The average Bonchev–Trinajstić information content (AvgIpc) is 1.41. The van der Waals surface area contributed by atoms with Crippen LogP contribution in [0.3, 0.4) is 0 Å². The van der Waals surface area contributed by atoms with Gasteiger partial charge >= 0.3 is 0 Å². The van der Waals surface area contributed by atoms with E-state index in [2.05, 4.69) is 34.4 Å². The van der Waals surface area contributed by atoms with Crippen LogP contribution in [0.5, 0.6) is 0 Å². The van der Waals surface area contributed by atoms with Gasteiger partial charge in [0.1, 0.15) is 0 Å². The van der Waals surface area contributed by atoms with Crippen molar-refractivity contribution in [2.24, 2.45) is 0 Å². The van der Waals surface area contributed by atoms with Crippen molar-refractivity contribution < 1.29 is 0 Å². The van der Waals surface area contributed by atoms with Gasteiger partial charge in [0.25, 0.3) is 0 Å². The third-order valence-electron chi connectivity index (χ3n) is 0.117. The van der Waals surface area contributed by atoms with E-state index in [0.29, 0.717) is 0 Å². The molecule has 0 radical (unpaired) electrons. The molecule has 0 bridgehead atoms. The SMILES string of the molecule is S=P/C=C\I. The summed E-state index contributed by atoms with van der Waals surface area (Å²) in [6.07, 6.45) is 0. The van der Waals surface area contributed by atoms with E-state index in [1.807, 2.05) is 9.90 Å². The van der Waals surface area contributed by atoms with Crippen molar-refractivity contribution in [2.75, 3.05) is 0 Å². The van der Waals surface area contributed by atoms with Crippen molar-refractivity contribution in [3.63, 3.8) is 0 Å². The van der Waals surface area contributed by atoms with E-state index in [0.717, 1.165) is 7.36 Å². The molecule has 28 valence electrons. The minimum Gasteiger partial charge on any atom is -0.0527 e. The molecular formula is C2H2IPS. The molecule has 0 nitrogen and oxygen atoms in total. The van der Waals surface area contributed by atoms with Gasteiger partial charge in [0.2, 0.25) is 0 Å². The smallest absolute Gasteiger partial charge is 0.00227 e. The predicted molar refractivity (Wildman–Crippen MR) is 37.4 cm³/mol. The lowest BCUT2D eigenvalue weighted by Crippen LogP contribution is -1.13. The van der Waals surface area contributed by atoms with Gasteiger partial charge in [-0.15, -0.1) is 0 Å². The first kappa shape index (κ1) is 5.99. The van der Waals surface area contributed by atoms with E-state index in [4.69, 9.17) is 0 Å². The molecule has 0 aliphatic heterocycles. The zero-order valence-electron chi connectivity index (χ0n) is 2.39. The third-order valence-corrected chi connectivity index (χ3v) is 1.68. The van der Waals surface area contributed by atoms with Crippen molar-refractivity contribution in [3.05, 3.63) is 9.90 Å². The molecule has 0 heterocycles. The maximum atomic E-state index is 4.53. The topological polar surface area (TPSA) is 0 Å². The van der Waals surface area contributed by atoms with E-state index < -0.39 is 0 Å². The standard InChI is InChI=1S/C2H2IPS/c3-1-2-4-5/h1-2H/b2-1-. The molecule has 5 heavy (non-hydrogen) atoms. The van der Waals surface area contributed by atoms with Crippen LogP contribution in [-0.2, 0) is 11.8 Å². The van der Waals surface area contributed by atoms with Crippen LogP contribution >= 0.6 is 29.9 Å². The maximum Gasteiger partial charge on any atom is 0.00227 e. The van der Waals surface area contributed by atoms with Gasteiger partial charge in [-0.3, -0.25) is 0 Å².